The van der Waals surface area contributed by atoms with E-state index in [2.05, 4.69) is 40.6 Å². The third kappa shape index (κ3) is 6.47. The predicted octanol–water partition coefficient (Wildman–Crippen LogP) is 4.28. The van der Waals surface area contributed by atoms with E-state index >= 15 is 0 Å². The Hall–Kier alpha value is -3.97. The van der Waals surface area contributed by atoms with Gasteiger partial charge in [0, 0.05) is 18.5 Å². The van der Waals surface area contributed by atoms with E-state index in [-0.39, 0.29) is 41.6 Å². The molecule has 198 valence electrons. The van der Waals surface area contributed by atoms with Crippen LogP contribution in [0.5, 0.6) is 23.4 Å². The number of aryl methyl sites for hydroxylation is 1. The van der Waals surface area contributed by atoms with Gasteiger partial charge in [-0.2, -0.15) is 0 Å². The van der Waals surface area contributed by atoms with Gasteiger partial charge in [-0.3, -0.25) is 4.72 Å². The van der Waals surface area contributed by atoms with Gasteiger partial charge in [-0.05, 0) is 40.5 Å². The molecule has 0 amide bonds. The fourth-order valence-electron chi connectivity index (χ4n) is 3.35. The van der Waals surface area contributed by atoms with E-state index in [0.29, 0.717) is 16.9 Å². The highest BCUT2D eigenvalue weighted by Crippen LogP contribution is 2.36. The van der Waals surface area contributed by atoms with Crippen LogP contribution in [-0.4, -0.2) is 55.8 Å². The number of aromatic nitrogens is 4. The van der Waals surface area contributed by atoms with Crippen molar-refractivity contribution < 1.29 is 27.4 Å². The Kier molecular flexibility index (Phi) is 8.59. The first kappa shape index (κ1) is 27.1. The molecular weight excluding hydrogens is 578 g/mol. The van der Waals surface area contributed by atoms with E-state index in [0.717, 1.165) is 10.0 Å². The van der Waals surface area contributed by atoms with Crippen LogP contribution in [-0.2, 0) is 10.0 Å². The number of halogens is 1. The third-order valence-corrected chi connectivity index (χ3v) is 6.95. The summed E-state index contributed by atoms with van der Waals surface area (Å²) < 4.78 is 51.8. The van der Waals surface area contributed by atoms with Gasteiger partial charge in [0.15, 0.2) is 17.3 Å². The molecule has 2 aromatic heterocycles. The third-order valence-electron chi connectivity index (χ3n) is 5.20. The molecule has 0 saturated carbocycles. The summed E-state index contributed by atoms with van der Waals surface area (Å²) in [5, 5.41) is 0. The van der Waals surface area contributed by atoms with Crippen molar-refractivity contribution >= 4 is 31.8 Å². The van der Waals surface area contributed by atoms with Crippen LogP contribution in [0.15, 0.2) is 70.6 Å². The van der Waals surface area contributed by atoms with Crippen LogP contribution in [0.2, 0.25) is 0 Å². The van der Waals surface area contributed by atoms with Crippen molar-refractivity contribution in [2.75, 3.05) is 32.2 Å². The van der Waals surface area contributed by atoms with Crippen LogP contribution in [0.4, 0.5) is 5.82 Å². The second-order valence-corrected chi connectivity index (χ2v) is 10.4. The molecule has 11 nitrogen and oxygen atoms in total. The quantitative estimate of drug-likeness (QED) is 0.248. The van der Waals surface area contributed by atoms with Crippen molar-refractivity contribution in [3.63, 3.8) is 0 Å². The zero-order valence-corrected chi connectivity index (χ0v) is 23.1. The minimum absolute atomic E-state index is 0.0333. The Morgan fingerprint density at radius 1 is 0.868 bits per heavy atom. The number of methoxy groups -OCH3 is 2. The van der Waals surface area contributed by atoms with Gasteiger partial charge in [0.05, 0.1) is 29.2 Å². The molecule has 0 unspecified atom stereocenters. The zero-order valence-electron chi connectivity index (χ0n) is 20.7. The van der Waals surface area contributed by atoms with Crippen molar-refractivity contribution in [3.05, 3.63) is 71.2 Å². The normalized spacial score (nSPS) is 11.1. The van der Waals surface area contributed by atoms with Gasteiger partial charge in [0.2, 0.25) is 5.88 Å². The lowest BCUT2D eigenvalue weighted by Crippen LogP contribution is -2.16. The van der Waals surface area contributed by atoms with E-state index in [1.54, 1.807) is 12.4 Å². The van der Waals surface area contributed by atoms with Crippen LogP contribution in [0.25, 0.3) is 11.1 Å². The molecule has 0 aliphatic rings. The highest BCUT2D eigenvalue weighted by molar-refractivity contribution is 9.10. The molecular formula is C25H24BrN5O6S. The van der Waals surface area contributed by atoms with E-state index in [4.69, 9.17) is 18.9 Å². The van der Waals surface area contributed by atoms with Gasteiger partial charge in [0.25, 0.3) is 10.0 Å². The zero-order chi connectivity index (χ0) is 27.1. The SMILES string of the molecule is COc1ccc(S(=O)(=O)Nc2ncnc(OCCOc3ncc(Br)cn3)c2-c2ccc(C)cc2)cc1OC. The van der Waals surface area contributed by atoms with Crippen molar-refractivity contribution in [2.24, 2.45) is 0 Å². The Morgan fingerprint density at radius 3 is 2.24 bits per heavy atom. The maximum absolute atomic E-state index is 13.3. The van der Waals surface area contributed by atoms with Gasteiger partial charge < -0.3 is 18.9 Å². The molecule has 0 saturated heterocycles. The molecule has 1 N–H and O–H groups in total. The molecule has 2 heterocycles. The number of hydrogen-bond donors (Lipinski definition) is 1. The summed E-state index contributed by atoms with van der Waals surface area (Å²) in [6.07, 6.45) is 4.36. The second kappa shape index (κ2) is 12.0. The average molecular weight is 602 g/mol. The van der Waals surface area contributed by atoms with Crippen molar-refractivity contribution in [3.8, 4) is 34.5 Å². The molecule has 4 aromatic rings. The fraction of sp³-hybridized carbons (Fsp3) is 0.200. The van der Waals surface area contributed by atoms with Crippen molar-refractivity contribution in [1.82, 2.24) is 19.9 Å². The Bertz CT molecular complexity index is 1500. The summed E-state index contributed by atoms with van der Waals surface area (Å²) in [5.41, 5.74) is 2.06. The molecule has 0 spiro atoms. The monoisotopic (exact) mass is 601 g/mol. The molecule has 0 bridgehead atoms. The molecule has 13 heteroatoms. The largest absolute Gasteiger partial charge is 0.493 e. The number of anilines is 1. The van der Waals surface area contributed by atoms with Crippen LogP contribution >= 0.6 is 15.9 Å². The van der Waals surface area contributed by atoms with Crippen LogP contribution in [0, 0.1) is 6.92 Å². The lowest BCUT2D eigenvalue weighted by atomic mass is 10.1. The first-order chi connectivity index (χ1) is 18.3. The smallest absolute Gasteiger partial charge is 0.316 e. The summed E-state index contributed by atoms with van der Waals surface area (Å²) in [4.78, 5) is 16.5. The molecule has 38 heavy (non-hydrogen) atoms. The predicted molar refractivity (Wildman–Crippen MR) is 143 cm³/mol. The van der Waals surface area contributed by atoms with Crippen LogP contribution in [0.3, 0.4) is 0 Å². The molecule has 0 atom stereocenters. The number of hydrogen-bond acceptors (Lipinski definition) is 10. The highest BCUT2D eigenvalue weighted by atomic mass is 79.9. The summed E-state index contributed by atoms with van der Waals surface area (Å²) >= 11 is 3.27. The molecule has 0 aliphatic heterocycles. The van der Waals surface area contributed by atoms with Crippen LogP contribution in [0.1, 0.15) is 5.56 Å². The standard InChI is InChI=1S/C25H24BrN5O6S/c1-16-4-6-17(7-5-16)22-23(31-38(32,33)19-8-9-20(34-2)21(12-19)35-3)29-15-30-24(22)36-10-11-37-25-27-13-18(26)14-28-25/h4-9,12-15H,10-11H2,1-3H3,(H,29,30,31). The number of nitrogens with zero attached hydrogens (tertiary/aromatic N) is 4. The fourth-order valence-corrected chi connectivity index (χ4v) is 4.59. The Balaban J connectivity index is 1.62. The first-order valence-corrected chi connectivity index (χ1v) is 13.5. The lowest BCUT2D eigenvalue weighted by molar-refractivity contribution is 0.202. The molecule has 0 aliphatic carbocycles. The average Bonchev–Trinajstić information content (AvgIpc) is 2.92. The molecule has 0 fully saturated rings. The molecule has 0 radical (unpaired) electrons. The Labute approximate surface area is 228 Å². The van der Waals surface area contributed by atoms with E-state index in [1.165, 1.54) is 38.7 Å². The van der Waals surface area contributed by atoms with Gasteiger partial charge >= 0.3 is 6.01 Å². The minimum atomic E-state index is -4.07. The van der Waals surface area contributed by atoms with Gasteiger partial charge in [-0.25, -0.2) is 28.4 Å². The van der Waals surface area contributed by atoms with Crippen molar-refractivity contribution in [1.29, 1.82) is 0 Å². The van der Waals surface area contributed by atoms with Crippen molar-refractivity contribution in [2.45, 2.75) is 11.8 Å². The summed E-state index contributed by atoms with van der Waals surface area (Å²) in [7, 11) is -1.17. The number of rotatable bonds is 11. The maximum Gasteiger partial charge on any atom is 0.316 e. The number of benzene rings is 2. The number of sulfonamides is 1. The molecule has 4 rings (SSSR count). The lowest BCUT2D eigenvalue weighted by Gasteiger charge is -2.16. The maximum atomic E-state index is 13.3. The topological polar surface area (TPSA) is 135 Å². The summed E-state index contributed by atoms with van der Waals surface area (Å²) in [5.74, 6) is 0.899. The second-order valence-electron chi connectivity index (χ2n) is 7.77. The highest BCUT2D eigenvalue weighted by Gasteiger charge is 2.23. The van der Waals surface area contributed by atoms with Gasteiger partial charge in [0.1, 0.15) is 19.5 Å². The van der Waals surface area contributed by atoms with E-state index in [1.807, 2.05) is 31.2 Å². The van der Waals surface area contributed by atoms with E-state index < -0.39 is 10.0 Å². The van der Waals surface area contributed by atoms with Crippen LogP contribution < -0.4 is 23.7 Å². The van der Waals surface area contributed by atoms with Gasteiger partial charge in [-0.15, -0.1) is 0 Å². The molecule has 2 aromatic carbocycles. The van der Waals surface area contributed by atoms with E-state index in [9.17, 15) is 8.42 Å². The minimum Gasteiger partial charge on any atom is -0.493 e. The summed E-state index contributed by atoms with van der Waals surface area (Å²) in [6, 6.07) is 11.9. The first-order valence-electron chi connectivity index (χ1n) is 11.2. The number of nitrogens with one attached hydrogen (secondary N) is 1. The Morgan fingerprint density at radius 2 is 1.55 bits per heavy atom. The van der Waals surface area contributed by atoms with Gasteiger partial charge in [-0.1, -0.05) is 29.8 Å². The summed E-state index contributed by atoms with van der Waals surface area (Å²) in [6.45, 7) is 2.17. The number of ether oxygens (including phenoxy) is 4.